The average Bonchev–Trinajstić information content (AvgIpc) is 2.61. The first-order chi connectivity index (χ1) is 8.22. The lowest BCUT2D eigenvalue weighted by Crippen LogP contribution is -2.30. The van der Waals surface area contributed by atoms with Crippen LogP contribution in [0.2, 0.25) is 5.02 Å². The Bertz CT molecular complexity index is 423. The predicted molar refractivity (Wildman–Crippen MR) is 67.3 cm³/mol. The first-order valence-corrected chi connectivity index (χ1v) is 6.01. The van der Waals surface area contributed by atoms with Crippen molar-refractivity contribution in [2.75, 3.05) is 25.1 Å². The van der Waals surface area contributed by atoms with Gasteiger partial charge < -0.3 is 10.1 Å². The van der Waals surface area contributed by atoms with E-state index in [9.17, 15) is 4.79 Å². The van der Waals surface area contributed by atoms with Crippen molar-refractivity contribution < 1.29 is 9.53 Å². The Hall–Kier alpha value is -1.10. The predicted octanol–water partition coefficient (Wildman–Crippen LogP) is 1.96. The Morgan fingerprint density at radius 1 is 1.53 bits per heavy atom. The van der Waals surface area contributed by atoms with Gasteiger partial charge >= 0.3 is 0 Å². The van der Waals surface area contributed by atoms with E-state index in [0.717, 1.165) is 11.3 Å². The monoisotopic (exact) mass is 254 g/mol. The Morgan fingerprint density at radius 2 is 2.35 bits per heavy atom. The Labute approximate surface area is 105 Å². The number of halogens is 1. The van der Waals surface area contributed by atoms with Gasteiger partial charge in [-0.25, -0.2) is 0 Å². The fraction of sp³-hybridized carbons (Fsp3) is 0.417. The van der Waals surface area contributed by atoms with Gasteiger partial charge in [0.25, 0.3) is 0 Å². The fourth-order valence-corrected chi connectivity index (χ4v) is 2.04. The Kier molecular flexibility index (Phi) is 3.99. The third-order valence-corrected chi connectivity index (χ3v) is 2.88. The van der Waals surface area contributed by atoms with Crippen LogP contribution in [-0.4, -0.2) is 25.7 Å². The van der Waals surface area contributed by atoms with Crippen LogP contribution in [0, 0.1) is 0 Å². The molecule has 1 aliphatic heterocycles. The number of rotatable bonds is 5. The molecule has 0 aliphatic carbocycles. The number of carbonyl (C=O) groups is 1. The molecule has 17 heavy (non-hydrogen) atoms. The number of carbonyl (C=O) groups excluding carboxylic acids is 1. The van der Waals surface area contributed by atoms with Gasteiger partial charge in [0.2, 0.25) is 5.91 Å². The van der Waals surface area contributed by atoms with Crippen molar-refractivity contribution in [3.05, 3.63) is 28.8 Å². The van der Waals surface area contributed by atoms with Crippen molar-refractivity contribution in [2.45, 2.75) is 13.0 Å². The van der Waals surface area contributed by atoms with Gasteiger partial charge in [-0.15, -0.1) is 0 Å². The molecule has 4 nitrogen and oxygen atoms in total. The van der Waals surface area contributed by atoms with E-state index in [-0.39, 0.29) is 11.9 Å². The highest BCUT2D eigenvalue weighted by molar-refractivity contribution is 6.31. The molecule has 0 saturated heterocycles. The number of hydrogen-bond donors (Lipinski definition) is 2. The zero-order valence-corrected chi connectivity index (χ0v) is 10.4. The van der Waals surface area contributed by atoms with Crippen LogP contribution < -0.4 is 10.6 Å². The molecular weight excluding hydrogens is 240 g/mol. The minimum atomic E-state index is -0.329. The molecule has 1 unspecified atom stereocenters. The van der Waals surface area contributed by atoms with Crippen LogP contribution in [0.25, 0.3) is 0 Å². The normalized spacial score (nSPS) is 18.0. The molecule has 1 heterocycles. The third kappa shape index (κ3) is 2.77. The number of anilines is 1. The molecule has 1 aromatic carbocycles. The second-order valence-electron chi connectivity index (χ2n) is 3.80. The lowest BCUT2D eigenvalue weighted by Gasteiger charge is -2.11. The van der Waals surface area contributed by atoms with Crippen molar-refractivity contribution in [1.29, 1.82) is 0 Å². The van der Waals surface area contributed by atoms with Crippen LogP contribution >= 0.6 is 11.6 Å². The van der Waals surface area contributed by atoms with Crippen LogP contribution in [-0.2, 0) is 9.53 Å². The Balaban J connectivity index is 2.03. The van der Waals surface area contributed by atoms with Gasteiger partial charge in [-0.2, -0.15) is 0 Å². The van der Waals surface area contributed by atoms with E-state index in [4.69, 9.17) is 16.3 Å². The summed E-state index contributed by atoms with van der Waals surface area (Å²) in [7, 11) is 0. The van der Waals surface area contributed by atoms with E-state index in [2.05, 4.69) is 10.6 Å². The summed E-state index contributed by atoms with van der Waals surface area (Å²) in [6.07, 6.45) is 0. The highest BCUT2D eigenvalue weighted by atomic mass is 35.5. The highest BCUT2D eigenvalue weighted by Gasteiger charge is 2.29. The van der Waals surface area contributed by atoms with Gasteiger partial charge in [-0.1, -0.05) is 11.6 Å². The van der Waals surface area contributed by atoms with Crippen LogP contribution in [0.5, 0.6) is 0 Å². The summed E-state index contributed by atoms with van der Waals surface area (Å²) in [5.41, 5.74) is 1.73. The van der Waals surface area contributed by atoms with Gasteiger partial charge in [-0.05, 0) is 25.1 Å². The van der Waals surface area contributed by atoms with Crippen molar-refractivity contribution in [1.82, 2.24) is 5.32 Å². The van der Waals surface area contributed by atoms with Crippen molar-refractivity contribution in [3.8, 4) is 0 Å². The molecule has 92 valence electrons. The van der Waals surface area contributed by atoms with Crippen LogP contribution in [0.3, 0.4) is 0 Å². The number of hydrogen-bond acceptors (Lipinski definition) is 3. The lowest BCUT2D eigenvalue weighted by atomic mass is 10.1. The molecule has 0 spiro atoms. The molecule has 0 fully saturated rings. The van der Waals surface area contributed by atoms with Crippen LogP contribution in [0.4, 0.5) is 5.69 Å². The van der Waals surface area contributed by atoms with Gasteiger partial charge in [0.05, 0.1) is 6.61 Å². The second kappa shape index (κ2) is 5.49. The van der Waals surface area contributed by atoms with E-state index < -0.39 is 0 Å². The SMILES string of the molecule is CCOCCNC1C(=O)Nc2ccc(Cl)cc21. The van der Waals surface area contributed by atoms with Crippen molar-refractivity contribution >= 4 is 23.2 Å². The second-order valence-corrected chi connectivity index (χ2v) is 4.24. The quantitative estimate of drug-likeness (QED) is 0.790. The van der Waals surface area contributed by atoms with Crippen LogP contribution in [0.15, 0.2) is 18.2 Å². The third-order valence-electron chi connectivity index (χ3n) is 2.64. The number of benzene rings is 1. The molecule has 0 saturated carbocycles. The van der Waals surface area contributed by atoms with Crippen molar-refractivity contribution in [2.24, 2.45) is 0 Å². The topological polar surface area (TPSA) is 50.4 Å². The molecule has 0 aromatic heterocycles. The molecule has 1 aromatic rings. The van der Waals surface area contributed by atoms with E-state index >= 15 is 0 Å². The first-order valence-electron chi connectivity index (χ1n) is 5.64. The number of amides is 1. The number of fused-ring (bicyclic) bond motifs is 1. The summed E-state index contributed by atoms with van der Waals surface area (Å²) in [6, 6.07) is 5.07. The zero-order chi connectivity index (χ0) is 12.3. The molecule has 0 radical (unpaired) electrons. The summed E-state index contributed by atoms with van der Waals surface area (Å²) in [4.78, 5) is 11.7. The van der Waals surface area contributed by atoms with Gasteiger partial charge in [-0.3, -0.25) is 10.1 Å². The molecule has 1 atom stereocenters. The maximum Gasteiger partial charge on any atom is 0.246 e. The molecule has 2 rings (SSSR count). The van der Waals surface area contributed by atoms with E-state index in [0.29, 0.717) is 24.8 Å². The fourth-order valence-electron chi connectivity index (χ4n) is 1.85. The minimum absolute atomic E-state index is 0.0428. The van der Waals surface area contributed by atoms with Crippen molar-refractivity contribution in [3.63, 3.8) is 0 Å². The van der Waals surface area contributed by atoms with E-state index in [1.54, 1.807) is 6.07 Å². The molecule has 0 bridgehead atoms. The molecule has 5 heteroatoms. The van der Waals surface area contributed by atoms with Gasteiger partial charge in [0.1, 0.15) is 6.04 Å². The highest BCUT2D eigenvalue weighted by Crippen LogP contribution is 2.32. The maximum atomic E-state index is 11.7. The van der Waals surface area contributed by atoms with Crippen LogP contribution in [0.1, 0.15) is 18.5 Å². The van der Waals surface area contributed by atoms with Gasteiger partial charge in [0, 0.05) is 29.4 Å². The molecular formula is C12H15ClN2O2. The largest absolute Gasteiger partial charge is 0.380 e. The minimum Gasteiger partial charge on any atom is -0.380 e. The van der Waals surface area contributed by atoms with Gasteiger partial charge in [0.15, 0.2) is 0 Å². The van der Waals surface area contributed by atoms with E-state index in [1.165, 1.54) is 0 Å². The standard InChI is InChI=1S/C12H15ClN2O2/c1-2-17-6-5-14-11-9-7-8(13)3-4-10(9)15-12(11)16/h3-4,7,11,14H,2,5-6H2,1H3,(H,15,16). The average molecular weight is 255 g/mol. The summed E-state index contributed by atoms with van der Waals surface area (Å²) in [5, 5.41) is 6.60. The summed E-state index contributed by atoms with van der Waals surface area (Å²) in [6.45, 7) is 3.85. The first kappa shape index (κ1) is 12.4. The molecule has 1 amide bonds. The number of ether oxygens (including phenoxy) is 1. The zero-order valence-electron chi connectivity index (χ0n) is 9.63. The molecule has 1 aliphatic rings. The number of nitrogens with one attached hydrogen (secondary N) is 2. The maximum absolute atomic E-state index is 11.7. The summed E-state index contributed by atoms with van der Waals surface area (Å²) >= 11 is 5.93. The van der Waals surface area contributed by atoms with E-state index in [1.807, 2.05) is 19.1 Å². The summed E-state index contributed by atoms with van der Waals surface area (Å²) < 4.78 is 5.22. The lowest BCUT2D eigenvalue weighted by molar-refractivity contribution is -0.117. The molecule has 2 N–H and O–H groups in total. The Morgan fingerprint density at radius 3 is 3.12 bits per heavy atom. The summed E-state index contributed by atoms with van der Waals surface area (Å²) in [5.74, 6) is -0.0428. The smallest absolute Gasteiger partial charge is 0.246 e.